The van der Waals surface area contributed by atoms with Crippen LogP contribution in [0.15, 0.2) is 18.2 Å². The third-order valence-corrected chi connectivity index (χ3v) is 2.76. The molecule has 1 nitrogen and oxygen atoms in total. The second kappa shape index (κ2) is 5.68. The summed E-state index contributed by atoms with van der Waals surface area (Å²) < 4.78 is 37.9. The molecule has 0 atom stereocenters. The molecule has 0 unspecified atom stereocenters. The van der Waals surface area contributed by atoms with E-state index in [1.54, 1.807) is 11.8 Å². The quantitative estimate of drug-likeness (QED) is 0.825. The minimum atomic E-state index is -4.38. The summed E-state index contributed by atoms with van der Waals surface area (Å²) in [6, 6.07) is 3.73. The van der Waals surface area contributed by atoms with Gasteiger partial charge in [0, 0.05) is 23.0 Å². The Labute approximate surface area is 101 Å². The van der Waals surface area contributed by atoms with E-state index in [4.69, 9.17) is 11.6 Å². The summed E-state index contributed by atoms with van der Waals surface area (Å²) in [4.78, 5) is 0. The molecule has 6 heteroatoms. The largest absolute Gasteiger partial charge is 0.418 e. The van der Waals surface area contributed by atoms with Crippen LogP contribution in [0.1, 0.15) is 5.56 Å². The maximum Gasteiger partial charge on any atom is 0.418 e. The predicted octanol–water partition coefficient (Wildman–Crippen LogP) is 4.13. The fourth-order valence-corrected chi connectivity index (χ4v) is 1.67. The van der Waals surface area contributed by atoms with E-state index in [-0.39, 0.29) is 10.7 Å². The summed E-state index contributed by atoms with van der Waals surface area (Å²) in [6.07, 6.45) is -2.49. The number of hydrogen-bond acceptors (Lipinski definition) is 2. The van der Waals surface area contributed by atoms with Gasteiger partial charge in [-0.25, -0.2) is 0 Å². The molecule has 16 heavy (non-hydrogen) atoms. The standard InChI is InChI=1S/C10H11ClF3NS/c1-16-5-4-15-9-3-2-7(11)6-8(9)10(12,13)14/h2-3,6,15H,4-5H2,1H3. The molecule has 0 aliphatic heterocycles. The molecular formula is C10H11ClF3NS. The van der Waals surface area contributed by atoms with Crippen molar-refractivity contribution in [2.45, 2.75) is 6.18 Å². The van der Waals surface area contributed by atoms with E-state index in [2.05, 4.69) is 5.32 Å². The van der Waals surface area contributed by atoms with E-state index in [0.29, 0.717) is 6.54 Å². The molecule has 0 fully saturated rings. The number of rotatable bonds is 4. The summed E-state index contributed by atoms with van der Waals surface area (Å²) >= 11 is 7.12. The van der Waals surface area contributed by atoms with Gasteiger partial charge < -0.3 is 5.32 Å². The first-order valence-corrected chi connectivity index (χ1v) is 6.32. The monoisotopic (exact) mass is 269 g/mol. The number of hydrogen-bond donors (Lipinski definition) is 1. The fraction of sp³-hybridized carbons (Fsp3) is 0.400. The van der Waals surface area contributed by atoms with Crippen LogP contribution in [0.2, 0.25) is 5.02 Å². The number of nitrogens with one attached hydrogen (secondary N) is 1. The van der Waals surface area contributed by atoms with Crippen molar-refractivity contribution in [2.24, 2.45) is 0 Å². The van der Waals surface area contributed by atoms with Gasteiger partial charge in [0.05, 0.1) is 5.56 Å². The van der Waals surface area contributed by atoms with Crippen LogP contribution >= 0.6 is 23.4 Å². The van der Waals surface area contributed by atoms with Gasteiger partial charge in [-0.1, -0.05) is 11.6 Å². The van der Waals surface area contributed by atoms with Crippen LogP contribution in [0.3, 0.4) is 0 Å². The van der Waals surface area contributed by atoms with Gasteiger partial charge >= 0.3 is 6.18 Å². The molecular weight excluding hydrogens is 259 g/mol. The first-order valence-electron chi connectivity index (χ1n) is 4.54. The lowest BCUT2D eigenvalue weighted by Crippen LogP contribution is -2.12. The SMILES string of the molecule is CSCCNc1ccc(Cl)cc1C(F)(F)F. The Kier molecular flexibility index (Phi) is 4.80. The Bertz CT molecular complexity index is 354. The van der Waals surface area contributed by atoms with Crippen molar-refractivity contribution in [1.82, 2.24) is 0 Å². The molecule has 1 N–H and O–H groups in total. The minimum absolute atomic E-state index is 0.0750. The third-order valence-electron chi connectivity index (χ3n) is 1.91. The predicted molar refractivity (Wildman–Crippen MR) is 63.3 cm³/mol. The highest BCUT2D eigenvalue weighted by molar-refractivity contribution is 7.98. The van der Waals surface area contributed by atoms with Crippen molar-refractivity contribution in [1.29, 1.82) is 0 Å². The summed E-state index contributed by atoms with van der Waals surface area (Å²) in [5, 5.41) is 2.83. The molecule has 1 rings (SSSR count). The van der Waals surface area contributed by atoms with Crippen molar-refractivity contribution in [3.8, 4) is 0 Å². The Hall–Kier alpha value is -0.550. The molecule has 0 aliphatic rings. The molecule has 0 amide bonds. The van der Waals surface area contributed by atoms with E-state index < -0.39 is 11.7 Å². The third kappa shape index (κ3) is 3.79. The van der Waals surface area contributed by atoms with Gasteiger partial charge in [0.15, 0.2) is 0 Å². The first-order chi connectivity index (χ1) is 7.45. The highest BCUT2D eigenvalue weighted by atomic mass is 35.5. The smallest absolute Gasteiger partial charge is 0.384 e. The molecule has 0 bridgehead atoms. The molecule has 90 valence electrons. The van der Waals surface area contributed by atoms with Gasteiger partial charge in [-0.05, 0) is 24.5 Å². The van der Waals surface area contributed by atoms with E-state index in [1.807, 2.05) is 6.26 Å². The Morgan fingerprint density at radius 2 is 2.06 bits per heavy atom. The summed E-state index contributed by atoms with van der Waals surface area (Å²) in [6.45, 7) is 0.492. The van der Waals surface area contributed by atoms with Crippen molar-refractivity contribution in [3.05, 3.63) is 28.8 Å². The Morgan fingerprint density at radius 1 is 1.38 bits per heavy atom. The van der Waals surface area contributed by atoms with Crippen LogP contribution < -0.4 is 5.32 Å². The average Bonchev–Trinajstić information content (AvgIpc) is 2.19. The lowest BCUT2D eigenvalue weighted by atomic mass is 10.1. The molecule has 0 aromatic heterocycles. The van der Waals surface area contributed by atoms with Gasteiger partial charge in [0.25, 0.3) is 0 Å². The van der Waals surface area contributed by atoms with E-state index in [1.165, 1.54) is 12.1 Å². The molecule has 0 spiro atoms. The van der Waals surface area contributed by atoms with E-state index in [0.717, 1.165) is 11.8 Å². The summed E-state index contributed by atoms with van der Waals surface area (Å²) in [5.74, 6) is 0.750. The van der Waals surface area contributed by atoms with Crippen LogP contribution in [-0.4, -0.2) is 18.6 Å². The van der Waals surface area contributed by atoms with Crippen LogP contribution in [0.4, 0.5) is 18.9 Å². The van der Waals surface area contributed by atoms with E-state index in [9.17, 15) is 13.2 Å². The normalized spacial score (nSPS) is 11.6. The minimum Gasteiger partial charge on any atom is -0.384 e. The average molecular weight is 270 g/mol. The van der Waals surface area contributed by atoms with Crippen LogP contribution in [0.25, 0.3) is 0 Å². The number of thioether (sulfide) groups is 1. The maximum atomic E-state index is 12.6. The van der Waals surface area contributed by atoms with Crippen LogP contribution in [-0.2, 0) is 6.18 Å². The zero-order valence-electron chi connectivity index (χ0n) is 8.57. The molecule has 0 saturated heterocycles. The van der Waals surface area contributed by atoms with Crippen molar-refractivity contribution in [2.75, 3.05) is 23.9 Å². The topological polar surface area (TPSA) is 12.0 Å². The fourth-order valence-electron chi connectivity index (χ4n) is 1.19. The van der Waals surface area contributed by atoms with Crippen molar-refractivity contribution in [3.63, 3.8) is 0 Å². The zero-order valence-corrected chi connectivity index (χ0v) is 10.1. The number of alkyl halides is 3. The Morgan fingerprint density at radius 3 is 2.62 bits per heavy atom. The Balaban J connectivity index is 2.90. The first kappa shape index (κ1) is 13.5. The maximum absolute atomic E-state index is 12.6. The molecule has 0 heterocycles. The molecule has 0 radical (unpaired) electrons. The van der Waals surface area contributed by atoms with Crippen LogP contribution in [0, 0.1) is 0 Å². The van der Waals surface area contributed by atoms with Gasteiger partial charge in [-0.3, -0.25) is 0 Å². The van der Waals surface area contributed by atoms with E-state index >= 15 is 0 Å². The second-order valence-electron chi connectivity index (χ2n) is 3.11. The number of halogens is 4. The van der Waals surface area contributed by atoms with Gasteiger partial charge in [0.2, 0.25) is 0 Å². The van der Waals surface area contributed by atoms with Crippen molar-refractivity contribution < 1.29 is 13.2 Å². The number of anilines is 1. The van der Waals surface area contributed by atoms with Gasteiger partial charge in [-0.2, -0.15) is 24.9 Å². The lowest BCUT2D eigenvalue weighted by Gasteiger charge is -2.14. The highest BCUT2D eigenvalue weighted by Gasteiger charge is 2.33. The molecule has 1 aromatic carbocycles. The molecule has 0 saturated carbocycles. The molecule has 0 aliphatic carbocycles. The summed E-state index contributed by atoms with van der Waals surface area (Å²) in [7, 11) is 0. The lowest BCUT2D eigenvalue weighted by molar-refractivity contribution is -0.136. The van der Waals surface area contributed by atoms with Gasteiger partial charge in [-0.15, -0.1) is 0 Å². The zero-order chi connectivity index (χ0) is 12.2. The summed E-state index contributed by atoms with van der Waals surface area (Å²) in [5.41, 5.74) is -0.646. The van der Waals surface area contributed by atoms with Gasteiger partial charge in [0.1, 0.15) is 0 Å². The second-order valence-corrected chi connectivity index (χ2v) is 4.53. The molecule has 1 aromatic rings. The van der Waals surface area contributed by atoms with Crippen molar-refractivity contribution >= 4 is 29.1 Å². The number of benzene rings is 1. The van der Waals surface area contributed by atoms with Crippen LogP contribution in [0.5, 0.6) is 0 Å². The highest BCUT2D eigenvalue weighted by Crippen LogP contribution is 2.36.